The molecule has 4 aromatic rings. The number of hydrogen-bond donors (Lipinski definition) is 2. The highest BCUT2D eigenvalue weighted by Crippen LogP contribution is 2.65. The van der Waals surface area contributed by atoms with Gasteiger partial charge in [-0.15, -0.1) is 0 Å². The standard InChI is InChI=1S/C28H37FN10O11P2S/c1-13-14-6-45-51(41,43-5)49-20-15(48-25(16(20)29)38-10-36-17-21(30)32-8-34-23(17)38)7-46-52(42,53-12-44-27(40)28(2,3)4)50-19(13)26(47-14)39-11-37-18-22(31)33-9-35-24(18)39/h8-11,13-16,19-20,25-26H,6-7,12H2,1-5H3,(H2,30,32,34)(H2,31,33,35)/t13?,14?,15?,16?,19-,20?,25+,26?,51?,52?/m0/s1. The minimum Gasteiger partial charge on any atom is -0.454 e. The monoisotopic (exact) mass is 802 g/mol. The molecular formula is C28H37FN10O11P2S. The SMILES string of the molecule is COP1(=O)OCC2OC(n3cnc4c(N)ncnc43)[C@@H](OP(=O)(SCOC(=O)C(C)(C)C)OCC3O[C@@H](n4cnc5c(N)ncnc54)C(F)C3O1)C2C. The molecule has 8 unspecified atom stereocenters. The van der Waals surface area contributed by atoms with Crippen molar-refractivity contribution < 1.29 is 55.1 Å². The van der Waals surface area contributed by atoms with Crippen molar-refractivity contribution in [3.05, 3.63) is 25.3 Å². The summed E-state index contributed by atoms with van der Waals surface area (Å²) in [5, 5.41) is 0. The lowest BCUT2D eigenvalue weighted by atomic mass is 9.98. The largest absolute Gasteiger partial charge is 0.475 e. The van der Waals surface area contributed by atoms with E-state index in [1.165, 1.54) is 34.4 Å². The number of carbonyl (C=O) groups excluding carboxylic acids is 1. The number of phosphoric ester groups is 1. The van der Waals surface area contributed by atoms with Gasteiger partial charge in [0.15, 0.2) is 41.6 Å². The molecule has 7 rings (SSSR count). The summed E-state index contributed by atoms with van der Waals surface area (Å²) < 4.78 is 94.8. The Bertz CT molecular complexity index is 2100. The number of nitrogens with two attached hydrogens (primary N) is 2. The van der Waals surface area contributed by atoms with Gasteiger partial charge < -0.3 is 25.7 Å². The van der Waals surface area contributed by atoms with Crippen molar-refractivity contribution in [2.45, 2.75) is 70.7 Å². The number of imidazole rings is 2. The molecule has 3 fully saturated rings. The van der Waals surface area contributed by atoms with E-state index in [-0.39, 0.29) is 34.0 Å². The Labute approximate surface area is 304 Å². The number of anilines is 2. The molecule has 21 nitrogen and oxygen atoms in total. The van der Waals surface area contributed by atoms with Crippen molar-refractivity contribution in [1.82, 2.24) is 39.0 Å². The Balaban J connectivity index is 1.25. The summed E-state index contributed by atoms with van der Waals surface area (Å²) in [5.41, 5.74) is 12.0. The number of ether oxygens (including phenoxy) is 3. The summed E-state index contributed by atoms with van der Waals surface area (Å²) in [6.07, 6.45) is -4.59. The van der Waals surface area contributed by atoms with E-state index in [1.807, 2.05) is 0 Å². The third-order valence-corrected chi connectivity index (χ3v) is 13.6. The van der Waals surface area contributed by atoms with Gasteiger partial charge in [0.05, 0.1) is 37.4 Å². The Morgan fingerprint density at radius 2 is 1.49 bits per heavy atom. The first-order valence-electron chi connectivity index (χ1n) is 16.2. The lowest BCUT2D eigenvalue weighted by molar-refractivity contribution is -0.150. The van der Waals surface area contributed by atoms with E-state index in [4.69, 9.17) is 48.3 Å². The maximum absolute atomic E-state index is 16.5. The third kappa shape index (κ3) is 7.27. The van der Waals surface area contributed by atoms with Gasteiger partial charge in [-0.2, -0.15) is 0 Å². The highest BCUT2D eigenvalue weighted by molar-refractivity contribution is 8.55. The van der Waals surface area contributed by atoms with E-state index < -0.39 is 94.1 Å². The van der Waals surface area contributed by atoms with E-state index in [1.54, 1.807) is 27.7 Å². The number of aromatic nitrogens is 8. The fraction of sp³-hybridized carbons (Fsp3) is 0.607. The molecule has 25 heteroatoms. The highest BCUT2D eigenvalue weighted by atomic mass is 32.7. The molecule has 288 valence electrons. The van der Waals surface area contributed by atoms with Gasteiger partial charge in [0.1, 0.15) is 47.9 Å². The molecule has 0 radical (unpaired) electrons. The number of alkyl halides is 1. The zero-order chi connectivity index (χ0) is 37.9. The van der Waals surface area contributed by atoms with Crippen molar-refractivity contribution in [3.8, 4) is 0 Å². The molecule has 10 atom stereocenters. The maximum atomic E-state index is 16.5. The molecule has 2 bridgehead atoms. The van der Waals surface area contributed by atoms with E-state index in [9.17, 15) is 13.9 Å². The zero-order valence-corrected chi connectivity index (χ0v) is 31.6. The van der Waals surface area contributed by atoms with Gasteiger partial charge in [-0.05, 0) is 20.8 Å². The lowest BCUT2D eigenvalue weighted by Gasteiger charge is -2.28. The topological polar surface area (TPSA) is 264 Å². The van der Waals surface area contributed by atoms with Gasteiger partial charge in [0, 0.05) is 24.4 Å². The molecule has 3 saturated heterocycles. The number of nitrogens with zero attached hydrogens (tertiary/aromatic N) is 8. The van der Waals surface area contributed by atoms with E-state index in [0.29, 0.717) is 11.4 Å². The molecule has 4 N–H and O–H groups in total. The van der Waals surface area contributed by atoms with Crippen molar-refractivity contribution in [1.29, 1.82) is 0 Å². The van der Waals surface area contributed by atoms with Gasteiger partial charge in [-0.25, -0.2) is 43.4 Å². The van der Waals surface area contributed by atoms with Crippen LogP contribution in [0.2, 0.25) is 0 Å². The summed E-state index contributed by atoms with van der Waals surface area (Å²) in [6.45, 7) is 1.26. The summed E-state index contributed by atoms with van der Waals surface area (Å²) in [7, 11) is -3.47. The number of halogens is 1. The first kappa shape index (κ1) is 37.9. The molecule has 0 aromatic carbocycles. The number of fused-ring (bicyclic) bond motifs is 5. The van der Waals surface area contributed by atoms with Crippen molar-refractivity contribution in [2.75, 3.05) is 37.7 Å². The van der Waals surface area contributed by atoms with E-state index in [2.05, 4.69) is 29.9 Å². The summed E-state index contributed by atoms with van der Waals surface area (Å²) >= 11 is 0.581. The van der Waals surface area contributed by atoms with Crippen LogP contribution in [-0.2, 0) is 50.8 Å². The molecule has 0 amide bonds. The van der Waals surface area contributed by atoms with E-state index in [0.717, 1.165) is 7.11 Å². The lowest BCUT2D eigenvalue weighted by Crippen LogP contribution is -2.34. The van der Waals surface area contributed by atoms with Gasteiger partial charge in [0.2, 0.25) is 0 Å². The predicted octanol–water partition coefficient (Wildman–Crippen LogP) is 3.56. The second kappa shape index (κ2) is 14.4. The molecule has 4 aromatic heterocycles. The fourth-order valence-electron chi connectivity index (χ4n) is 5.92. The average molecular weight is 803 g/mol. The summed E-state index contributed by atoms with van der Waals surface area (Å²) in [6, 6.07) is 0. The van der Waals surface area contributed by atoms with Gasteiger partial charge in [-0.3, -0.25) is 36.5 Å². The van der Waals surface area contributed by atoms with Crippen LogP contribution in [0.1, 0.15) is 40.2 Å². The molecule has 0 saturated carbocycles. The minimum absolute atomic E-state index is 0.0489. The van der Waals surface area contributed by atoms with Crippen LogP contribution in [0.5, 0.6) is 0 Å². The molecule has 0 aliphatic carbocycles. The van der Waals surface area contributed by atoms with Crippen LogP contribution in [0, 0.1) is 11.3 Å². The number of phosphoric acid groups is 1. The zero-order valence-electron chi connectivity index (χ0n) is 29.0. The Morgan fingerprint density at radius 3 is 2.09 bits per heavy atom. The second-order valence-electron chi connectivity index (χ2n) is 13.3. The second-order valence-corrected chi connectivity index (χ2v) is 19.0. The number of hydrogen-bond acceptors (Lipinski definition) is 20. The molecule has 7 heterocycles. The Hall–Kier alpha value is -3.37. The number of esters is 1. The van der Waals surface area contributed by atoms with Crippen LogP contribution in [0.15, 0.2) is 25.3 Å². The van der Waals surface area contributed by atoms with Gasteiger partial charge in [-0.1, -0.05) is 6.92 Å². The van der Waals surface area contributed by atoms with Crippen LogP contribution < -0.4 is 11.5 Å². The average Bonchev–Trinajstić information content (AvgIpc) is 3.88. The van der Waals surface area contributed by atoms with Crippen LogP contribution in [0.4, 0.5) is 16.0 Å². The Kier molecular flexibility index (Phi) is 10.3. The summed E-state index contributed by atoms with van der Waals surface area (Å²) in [5.74, 6) is -1.49. The van der Waals surface area contributed by atoms with Gasteiger partial charge in [0.25, 0.3) is 0 Å². The maximum Gasteiger partial charge on any atom is 0.475 e. The summed E-state index contributed by atoms with van der Waals surface area (Å²) in [4.78, 5) is 37.4. The molecular weight excluding hydrogens is 765 g/mol. The highest BCUT2D eigenvalue weighted by Gasteiger charge is 2.54. The predicted molar refractivity (Wildman–Crippen MR) is 183 cm³/mol. The molecule has 3 aliphatic rings. The normalized spacial score (nSPS) is 34.0. The molecule has 0 spiro atoms. The quantitative estimate of drug-likeness (QED) is 0.160. The number of nitrogen functional groups attached to an aromatic ring is 2. The van der Waals surface area contributed by atoms with Crippen molar-refractivity contribution in [3.63, 3.8) is 0 Å². The third-order valence-electron chi connectivity index (χ3n) is 8.82. The van der Waals surface area contributed by atoms with Crippen molar-refractivity contribution in [2.24, 2.45) is 11.3 Å². The first-order valence-corrected chi connectivity index (χ1v) is 20.8. The van der Waals surface area contributed by atoms with Crippen LogP contribution >= 0.6 is 26.0 Å². The minimum atomic E-state index is -4.54. The first-order chi connectivity index (χ1) is 25.1. The van der Waals surface area contributed by atoms with Crippen LogP contribution in [-0.4, -0.2) is 102 Å². The van der Waals surface area contributed by atoms with Crippen LogP contribution in [0.25, 0.3) is 22.3 Å². The van der Waals surface area contributed by atoms with Crippen LogP contribution in [0.3, 0.4) is 0 Å². The molecule has 53 heavy (non-hydrogen) atoms. The molecule has 3 aliphatic heterocycles. The Morgan fingerprint density at radius 1 is 0.906 bits per heavy atom. The van der Waals surface area contributed by atoms with Crippen molar-refractivity contribution >= 4 is 65.9 Å². The van der Waals surface area contributed by atoms with Gasteiger partial charge >= 0.3 is 20.6 Å². The van der Waals surface area contributed by atoms with E-state index >= 15 is 4.39 Å². The smallest absolute Gasteiger partial charge is 0.454 e. The fourth-order valence-corrected chi connectivity index (χ4v) is 9.89. The number of carbonyl (C=O) groups is 1. The number of rotatable bonds is 6.